The van der Waals surface area contributed by atoms with E-state index in [4.69, 9.17) is 4.42 Å². The van der Waals surface area contributed by atoms with Gasteiger partial charge in [0.05, 0.1) is 24.2 Å². The second-order valence-electron chi connectivity index (χ2n) is 6.82. The Labute approximate surface area is 170 Å². The van der Waals surface area contributed by atoms with Gasteiger partial charge in [0.1, 0.15) is 16.7 Å². The average Bonchev–Trinajstić information content (AvgIpc) is 3.29. The van der Waals surface area contributed by atoms with E-state index in [1.165, 1.54) is 22.3 Å². The average molecular weight is 417 g/mol. The number of benzene rings is 1. The number of sulfonamides is 1. The Morgan fingerprint density at radius 3 is 2.52 bits per heavy atom. The third-order valence-electron chi connectivity index (χ3n) is 4.67. The molecule has 1 N–H and O–H groups in total. The van der Waals surface area contributed by atoms with Crippen molar-refractivity contribution in [2.75, 3.05) is 12.4 Å². The van der Waals surface area contributed by atoms with Gasteiger partial charge in [-0.2, -0.15) is 9.40 Å². The molecule has 3 aromatic rings. The summed E-state index contributed by atoms with van der Waals surface area (Å²) < 4.78 is 34.2. The van der Waals surface area contributed by atoms with Crippen molar-refractivity contribution in [2.24, 2.45) is 0 Å². The van der Waals surface area contributed by atoms with E-state index in [0.717, 1.165) is 0 Å². The van der Waals surface area contributed by atoms with Crippen LogP contribution in [0.5, 0.6) is 0 Å². The summed E-state index contributed by atoms with van der Waals surface area (Å²) in [5, 5.41) is 7.16. The summed E-state index contributed by atoms with van der Waals surface area (Å²) in [7, 11) is -2.33. The highest BCUT2D eigenvalue weighted by atomic mass is 32.2. The lowest BCUT2D eigenvalue weighted by Crippen LogP contribution is -2.28. The van der Waals surface area contributed by atoms with Crippen LogP contribution in [-0.4, -0.2) is 35.5 Å². The zero-order chi connectivity index (χ0) is 21.2. The van der Waals surface area contributed by atoms with Crippen LogP contribution in [0, 0.1) is 13.8 Å². The van der Waals surface area contributed by atoms with Crippen LogP contribution in [-0.2, 0) is 21.4 Å². The van der Waals surface area contributed by atoms with E-state index in [1.807, 2.05) is 18.2 Å². The number of anilines is 1. The summed E-state index contributed by atoms with van der Waals surface area (Å²) in [4.78, 5) is 12.7. The Balaban J connectivity index is 1.86. The fraction of sp³-hybridized carbons (Fsp3) is 0.300. The summed E-state index contributed by atoms with van der Waals surface area (Å²) in [6.07, 6.45) is 1.50. The van der Waals surface area contributed by atoms with Crippen molar-refractivity contribution in [1.29, 1.82) is 0 Å². The highest BCUT2D eigenvalue weighted by Gasteiger charge is 2.31. The Morgan fingerprint density at radius 1 is 1.21 bits per heavy atom. The second-order valence-corrected chi connectivity index (χ2v) is 8.80. The van der Waals surface area contributed by atoms with Crippen molar-refractivity contribution in [3.05, 3.63) is 65.9 Å². The molecule has 1 aromatic carbocycles. The predicted molar refractivity (Wildman–Crippen MR) is 109 cm³/mol. The fourth-order valence-corrected chi connectivity index (χ4v) is 4.63. The van der Waals surface area contributed by atoms with E-state index in [9.17, 15) is 13.2 Å². The minimum Gasteiger partial charge on any atom is -0.468 e. The van der Waals surface area contributed by atoms with Crippen LogP contribution in [0.3, 0.4) is 0 Å². The first-order chi connectivity index (χ1) is 13.7. The number of aryl methyl sites for hydroxylation is 1. The molecular weight excluding hydrogens is 392 g/mol. The molecule has 29 heavy (non-hydrogen) atoms. The molecule has 0 bridgehead atoms. The van der Waals surface area contributed by atoms with Crippen LogP contribution in [0.4, 0.5) is 5.69 Å². The summed E-state index contributed by atoms with van der Waals surface area (Å²) in [5.41, 5.74) is 1.41. The van der Waals surface area contributed by atoms with Crippen molar-refractivity contribution in [3.63, 3.8) is 0 Å². The van der Waals surface area contributed by atoms with Crippen LogP contribution < -0.4 is 5.32 Å². The summed E-state index contributed by atoms with van der Waals surface area (Å²) >= 11 is 0. The third-order valence-corrected chi connectivity index (χ3v) is 6.73. The van der Waals surface area contributed by atoms with Crippen molar-refractivity contribution in [2.45, 2.75) is 38.3 Å². The van der Waals surface area contributed by atoms with E-state index in [2.05, 4.69) is 10.4 Å². The van der Waals surface area contributed by atoms with Gasteiger partial charge in [-0.15, -0.1) is 0 Å². The Bertz CT molecular complexity index is 1090. The largest absolute Gasteiger partial charge is 0.468 e. The highest BCUT2D eigenvalue weighted by molar-refractivity contribution is 7.89. The van der Waals surface area contributed by atoms with Crippen molar-refractivity contribution >= 4 is 21.6 Å². The first-order valence-electron chi connectivity index (χ1n) is 9.12. The topological polar surface area (TPSA) is 97.4 Å². The number of amides is 1. The lowest BCUT2D eigenvalue weighted by atomic mass is 10.2. The van der Waals surface area contributed by atoms with E-state index in [0.29, 0.717) is 22.8 Å². The number of hydrogen-bond donors (Lipinski definition) is 1. The molecule has 0 saturated heterocycles. The van der Waals surface area contributed by atoms with E-state index in [-0.39, 0.29) is 17.3 Å². The molecule has 0 spiro atoms. The van der Waals surface area contributed by atoms with Crippen LogP contribution in [0.1, 0.15) is 30.1 Å². The molecule has 0 aliphatic heterocycles. The zero-order valence-electron chi connectivity index (χ0n) is 16.8. The molecule has 154 valence electrons. The Hall–Kier alpha value is -2.91. The van der Waals surface area contributed by atoms with Crippen molar-refractivity contribution in [1.82, 2.24) is 14.1 Å². The van der Waals surface area contributed by atoms with Gasteiger partial charge >= 0.3 is 0 Å². The number of rotatable bonds is 7. The molecule has 9 heteroatoms. The van der Waals surface area contributed by atoms with E-state index in [1.54, 1.807) is 45.0 Å². The molecule has 0 saturated carbocycles. The predicted octanol–water partition coefficient (Wildman–Crippen LogP) is 3.11. The molecular formula is C20H24N4O4S. The van der Waals surface area contributed by atoms with Gasteiger partial charge in [-0.25, -0.2) is 8.42 Å². The van der Waals surface area contributed by atoms with Crippen molar-refractivity contribution in [3.8, 4) is 0 Å². The standard InChI is InChI=1S/C20H24N4O4S/c1-14-19(29(26,27)23(4)13-18-11-8-12-28-18)15(2)24(22-14)16(3)20(25)21-17-9-6-5-7-10-17/h5-12,16H,13H2,1-4H3,(H,21,25)/t16-/m0/s1. The molecule has 0 unspecified atom stereocenters. The minimum absolute atomic E-state index is 0.101. The molecule has 2 heterocycles. The lowest BCUT2D eigenvalue weighted by molar-refractivity contribution is -0.119. The van der Waals surface area contributed by atoms with Crippen LogP contribution in [0.15, 0.2) is 58.0 Å². The van der Waals surface area contributed by atoms with Gasteiger partial charge in [-0.3, -0.25) is 9.48 Å². The summed E-state index contributed by atoms with van der Waals surface area (Å²) in [6.45, 7) is 5.06. The van der Waals surface area contributed by atoms with Gasteiger partial charge in [0.15, 0.2) is 0 Å². The summed E-state index contributed by atoms with van der Waals surface area (Å²) in [6, 6.07) is 11.8. The maximum atomic E-state index is 13.1. The number of carbonyl (C=O) groups excluding carboxylic acids is 1. The Kier molecular flexibility index (Phi) is 5.90. The SMILES string of the molecule is Cc1nn([C@@H](C)C(=O)Nc2ccccc2)c(C)c1S(=O)(=O)N(C)Cc1ccco1. The van der Waals surface area contributed by atoms with Gasteiger partial charge < -0.3 is 9.73 Å². The number of hydrogen-bond acceptors (Lipinski definition) is 5. The number of para-hydroxylation sites is 1. The van der Waals surface area contributed by atoms with Gasteiger partial charge in [0, 0.05) is 12.7 Å². The molecule has 0 aliphatic carbocycles. The second kappa shape index (κ2) is 8.22. The number of carbonyl (C=O) groups is 1. The van der Waals surface area contributed by atoms with E-state index >= 15 is 0 Å². The molecule has 0 radical (unpaired) electrons. The molecule has 1 amide bonds. The Morgan fingerprint density at radius 2 is 1.90 bits per heavy atom. The van der Waals surface area contributed by atoms with Crippen LogP contribution >= 0.6 is 0 Å². The van der Waals surface area contributed by atoms with Crippen molar-refractivity contribution < 1.29 is 17.6 Å². The van der Waals surface area contributed by atoms with Gasteiger partial charge in [0.2, 0.25) is 15.9 Å². The van der Waals surface area contributed by atoms with Gasteiger partial charge in [0.25, 0.3) is 0 Å². The van der Waals surface area contributed by atoms with Gasteiger partial charge in [-0.05, 0) is 45.0 Å². The number of furan rings is 1. The monoisotopic (exact) mass is 416 g/mol. The third kappa shape index (κ3) is 4.25. The van der Waals surface area contributed by atoms with Gasteiger partial charge in [-0.1, -0.05) is 18.2 Å². The minimum atomic E-state index is -3.82. The maximum Gasteiger partial charge on any atom is 0.248 e. The molecule has 0 fully saturated rings. The zero-order valence-corrected chi connectivity index (χ0v) is 17.6. The highest BCUT2D eigenvalue weighted by Crippen LogP contribution is 2.26. The first kappa shape index (κ1) is 20.8. The molecule has 2 aromatic heterocycles. The first-order valence-corrected chi connectivity index (χ1v) is 10.6. The number of nitrogens with zero attached hydrogens (tertiary/aromatic N) is 3. The quantitative estimate of drug-likeness (QED) is 0.638. The smallest absolute Gasteiger partial charge is 0.248 e. The fourth-order valence-electron chi connectivity index (χ4n) is 3.14. The number of aromatic nitrogens is 2. The lowest BCUT2D eigenvalue weighted by Gasteiger charge is -2.17. The molecule has 0 aliphatic rings. The van der Waals surface area contributed by atoms with Crippen LogP contribution in [0.25, 0.3) is 0 Å². The number of nitrogens with one attached hydrogen (secondary N) is 1. The van der Waals surface area contributed by atoms with Crippen LogP contribution in [0.2, 0.25) is 0 Å². The summed E-state index contributed by atoms with van der Waals surface area (Å²) in [5.74, 6) is 0.254. The molecule has 3 rings (SSSR count). The van der Waals surface area contributed by atoms with E-state index < -0.39 is 16.1 Å². The maximum absolute atomic E-state index is 13.1. The molecule has 1 atom stereocenters. The normalized spacial score (nSPS) is 12.9. The molecule has 8 nitrogen and oxygen atoms in total.